The number of rotatable bonds is 3. The zero-order chi connectivity index (χ0) is 7.44. The zero-order valence-corrected chi connectivity index (χ0v) is 7.69. The molecule has 0 aromatic heterocycles. The van der Waals surface area contributed by atoms with Gasteiger partial charge in [0.15, 0.2) is 0 Å². The fourth-order valence-electron chi connectivity index (χ4n) is 0.278. The number of hydrogen-bond acceptors (Lipinski definition) is 4. The third-order valence-corrected chi connectivity index (χ3v) is 0.887. The van der Waals surface area contributed by atoms with Crippen LogP contribution in [0.1, 0.15) is 1.43 Å². The van der Waals surface area contributed by atoms with Gasteiger partial charge in [0.25, 0.3) is 0 Å². The molecule has 0 heterocycles. The van der Waals surface area contributed by atoms with Gasteiger partial charge in [-0.05, 0) is 0 Å². The molecular formula is C4H10NNaO4. The van der Waals surface area contributed by atoms with Gasteiger partial charge in [-0.2, -0.15) is 0 Å². The summed E-state index contributed by atoms with van der Waals surface area (Å²) in [6.45, 7) is -0.631. The Bertz CT molecular complexity index is 114. The Balaban J connectivity index is -0.000000320. The fourth-order valence-corrected chi connectivity index (χ4v) is 0.278. The molecule has 2 atom stereocenters. The average Bonchev–Trinajstić information content (AvgIpc) is 1.84. The van der Waals surface area contributed by atoms with E-state index in [-0.39, 0.29) is 31.0 Å². The van der Waals surface area contributed by atoms with Crippen LogP contribution in [0.3, 0.4) is 0 Å². The maximum absolute atomic E-state index is 9.90. The number of aliphatic hydroxyl groups is 2. The number of carbonyl (C=O) groups is 1. The Hall–Kier alpha value is 0.350. The number of nitrogens with two attached hydrogens (primary N) is 1. The van der Waals surface area contributed by atoms with Crippen molar-refractivity contribution >= 4 is 5.97 Å². The van der Waals surface area contributed by atoms with Crippen LogP contribution >= 0.6 is 0 Å². The van der Waals surface area contributed by atoms with Crippen LogP contribution in [0.25, 0.3) is 0 Å². The molecule has 56 valence electrons. The summed E-state index contributed by atoms with van der Waals surface area (Å²) in [5, 5.41) is 24.8. The molecule has 0 saturated heterocycles. The molecule has 0 saturated carbocycles. The van der Waals surface area contributed by atoms with Crippen LogP contribution < -0.4 is 35.3 Å². The van der Waals surface area contributed by atoms with Gasteiger partial charge in [0.05, 0.1) is 6.61 Å². The van der Waals surface area contributed by atoms with Crippen LogP contribution in [0.4, 0.5) is 0 Å². The summed E-state index contributed by atoms with van der Waals surface area (Å²) in [7, 11) is 0. The summed E-state index contributed by atoms with van der Waals surface area (Å²) in [6.07, 6.45) is -1.37. The summed E-state index contributed by atoms with van der Waals surface area (Å²) in [6, 6.07) is -1.39. The second kappa shape index (κ2) is 6.09. The number of aliphatic carboxylic acids is 1. The normalized spacial score (nSPS) is 15.1. The Kier molecular flexibility index (Phi) is 7.90. The molecular weight excluding hydrogens is 149 g/mol. The predicted molar refractivity (Wildman–Crippen MR) is 29.8 cm³/mol. The van der Waals surface area contributed by atoms with Crippen molar-refractivity contribution in [3.8, 4) is 0 Å². The van der Waals surface area contributed by atoms with Crippen molar-refractivity contribution in [2.24, 2.45) is 5.73 Å². The summed E-state index contributed by atoms with van der Waals surface area (Å²) in [4.78, 5) is 9.90. The van der Waals surface area contributed by atoms with Gasteiger partial charge in [0, 0.05) is 0 Å². The Morgan fingerprint density at radius 1 is 1.70 bits per heavy atom. The standard InChI is InChI=1S/C4H9NO4.Na.H/c5-3(4(8)9)2(7)1-6;;/h2-3,6-7H,1,5H2,(H,8,9);;/q;+1;-1/t2-,3+;;/m1../s1. The molecule has 0 aliphatic rings. The Morgan fingerprint density at radius 2 is 2.10 bits per heavy atom. The number of carboxylic acids is 1. The molecule has 0 aliphatic heterocycles. The minimum atomic E-state index is -1.39. The third-order valence-electron chi connectivity index (χ3n) is 0.887. The number of carboxylic acid groups (broad SMARTS) is 1. The molecule has 0 spiro atoms. The van der Waals surface area contributed by atoms with E-state index in [1.54, 1.807) is 0 Å². The predicted octanol–water partition coefficient (Wildman–Crippen LogP) is -5.13. The smallest absolute Gasteiger partial charge is 1.00 e. The maximum atomic E-state index is 9.90. The van der Waals surface area contributed by atoms with Gasteiger partial charge in [-0.1, -0.05) is 0 Å². The van der Waals surface area contributed by atoms with E-state index in [4.69, 9.17) is 21.1 Å². The van der Waals surface area contributed by atoms with Gasteiger partial charge in [0.2, 0.25) is 0 Å². The van der Waals surface area contributed by atoms with Crippen molar-refractivity contribution in [2.45, 2.75) is 12.1 Å². The van der Waals surface area contributed by atoms with Crippen molar-refractivity contribution in [2.75, 3.05) is 6.61 Å². The van der Waals surface area contributed by atoms with Crippen molar-refractivity contribution in [3.05, 3.63) is 0 Å². The molecule has 5 N–H and O–H groups in total. The molecule has 0 aromatic rings. The summed E-state index contributed by atoms with van der Waals surface area (Å²) in [5.74, 6) is -1.32. The van der Waals surface area contributed by atoms with Crippen LogP contribution in [-0.2, 0) is 4.79 Å². The topological polar surface area (TPSA) is 104 Å². The Morgan fingerprint density at radius 3 is 2.20 bits per heavy atom. The van der Waals surface area contributed by atoms with E-state index in [0.29, 0.717) is 0 Å². The molecule has 6 heteroatoms. The average molecular weight is 159 g/mol. The zero-order valence-electron chi connectivity index (χ0n) is 6.69. The van der Waals surface area contributed by atoms with E-state index >= 15 is 0 Å². The minimum absolute atomic E-state index is 0. The van der Waals surface area contributed by atoms with E-state index < -0.39 is 24.7 Å². The molecule has 5 nitrogen and oxygen atoms in total. The fraction of sp³-hybridized carbons (Fsp3) is 0.750. The summed E-state index contributed by atoms with van der Waals surface area (Å²) in [5.41, 5.74) is 4.86. The van der Waals surface area contributed by atoms with Crippen molar-refractivity contribution < 1.29 is 51.1 Å². The molecule has 0 aliphatic carbocycles. The van der Waals surface area contributed by atoms with E-state index in [2.05, 4.69) is 0 Å². The largest absolute Gasteiger partial charge is 1.00 e. The van der Waals surface area contributed by atoms with E-state index in [9.17, 15) is 4.79 Å². The second-order valence-electron chi connectivity index (χ2n) is 1.61. The van der Waals surface area contributed by atoms with Crippen LogP contribution in [0, 0.1) is 0 Å². The van der Waals surface area contributed by atoms with E-state index in [1.165, 1.54) is 0 Å². The Labute approximate surface area is 81.6 Å². The van der Waals surface area contributed by atoms with Crippen molar-refractivity contribution in [1.82, 2.24) is 0 Å². The maximum Gasteiger partial charge on any atom is 1.00 e. The molecule has 0 unspecified atom stereocenters. The van der Waals surface area contributed by atoms with E-state index in [1.807, 2.05) is 0 Å². The van der Waals surface area contributed by atoms with Gasteiger partial charge in [-0.15, -0.1) is 0 Å². The van der Waals surface area contributed by atoms with Crippen LogP contribution in [-0.4, -0.2) is 40.0 Å². The first kappa shape index (κ1) is 13.0. The molecule has 0 rings (SSSR count). The number of hydrogen-bond donors (Lipinski definition) is 4. The first-order valence-corrected chi connectivity index (χ1v) is 2.37. The van der Waals surface area contributed by atoms with Gasteiger partial charge in [-0.25, -0.2) is 0 Å². The quantitative estimate of drug-likeness (QED) is 0.308. The molecule has 0 fully saturated rings. The third kappa shape index (κ3) is 4.21. The summed E-state index contributed by atoms with van der Waals surface area (Å²) < 4.78 is 0. The van der Waals surface area contributed by atoms with Crippen LogP contribution in [0.2, 0.25) is 0 Å². The van der Waals surface area contributed by atoms with Gasteiger partial charge >= 0.3 is 35.5 Å². The van der Waals surface area contributed by atoms with Crippen LogP contribution in [0.15, 0.2) is 0 Å². The van der Waals surface area contributed by atoms with Gasteiger partial charge in [-0.3, -0.25) is 4.79 Å². The van der Waals surface area contributed by atoms with Crippen molar-refractivity contribution in [1.29, 1.82) is 0 Å². The van der Waals surface area contributed by atoms with Crippen LogP contribution in [0.5, 0.6) is 0 Å². The van der Waals surface area contributed by atoms with Crippen molar-refractivity contribution in [3.63, 3.8) is 0 Å². The number of aliphatic hydroxyl groups excluding tert-OH is 2. The second-order valence-corrected chi connectivity index (χ2v) is 1.61. The molecule has 10 heavy (non-hydrogen) atoms. The minimum Gasteiger partial charge on any atom is -1.00 e. The monoisotopic (exact) mass is 159 g/mol. The SMILES string of the molecule is N[C@H](C(=O)O)[C@H](O)CO.[H-].[Na+]. The van der Waals surface area contributed by atoms with Gasteiger partial charge < -0.3 is 22.5 Å². The molecule has 0 radical (unpaired) electrons. The first-order chi connectivity index (χ1) is 4.09. The molecule has 0 aromatic carbocycles. The molecule has 0 bridgehead atoms. The first-order valence-electron chi connectivity index (χ1n) is 2.37. The summed E-state index contributed by atoms with van der Waals surface area (Å²) >= 11 is 0. The van der Waals surface area contributed by atoms with Gasteiger partial charge in [0.1, 0.15) is 12.1 Å². The molecule has 0 amide bonds. The van der Waals surface area contributed by atoms with E-state index in [0.717, 1.165) is 0 Å².